The van der Waals surface area contributed by atoms with Gasteiger partial charge >= 0.3 is 0 Å². The summed E-state index contributed by atoms with van der Waals surface area (Å²) >= 11 is 1.50. The highest BCUT2D eigenvalue weighted by Gasteiger charge is 2.17. The Kier molecular flexibility index (Phi) is 9.38. The molecule has 0 saturated carbocycles. The third-order valence-electron chi connectivity index (χ3n) is 6.06. The van der Waals surface area contributed by atoms with Crippen LogP contribution >= 0.6 is 11.3 Å². The molecule has 1 aliphatic rings. The summed E-state index contributed by atoms with van der Waals surface area (Å²) in [5.74, 6) is 1.42. The lowest BCUT2D eigenvalue weighted by atomic mass is 10.1. The summed E-state index contributed by atoms with van der Waals surface area (Å²) in [7, 11) is 1.66. The van der Waals surface area contributed by atoms with Crippen molar-refractivity contribution in [1.82, 2.24) is 15.1 Å². The van der Waals surface area contributed by atoms with Crippen LogP contribution in [0.5, 0.6) is 11.5 Å². The molecule has 7 heteroatoms. The second-order valence-corrected chi connectivity index (χ2v) is 9.21. The standard InChI is InChI=1S/C25H37N3O3S/c1-5-28(6-2)19(3)31-21-11-10-20(18-22(21)30-4)23-12-13-24(32-23)25(29)26-14-17-27-15-8-7-9-16-27/h10-13,18-19H,5-9,14-17H2,1-4H3,(H,26,29). The number of hydrogen-bond acceptors (Lipinski definition) is 6. The minimum atomic E-state index is -0.0354. The average Bonchev–Trinajstić information content (AvgIpc) is 3.31. The van der Waals surface area contributed by atoms with Crippen LogP contribution in [0.15, 0.2) is 30.3 Å². The van der Waals surface area contributed by atoms with Crippen LogP contribution in [0, 0.1) is 0 Å². The number of amides is 1. The molecule has 1 atom stereocenters. The normalized spacial score (nSPS) is 15.5. The van der Waals surface area contributed by atoms with Gasteiger partial charge in [-0.1, -0.05) is 20.3 Å². The van der Waals surface area contributed by atoms with E-state index in [0.717, 1.165) is 53.8 Å². The van der Waals surface area contributed by atoms with Gasteiger partial charge < -0.3 is 19.7 Å². The van der Waals surface area contributed by atoms with Crippen molar-refractivity contribution in [2.45, 2.75) is 46.3 Å². The van der Waals surface area contributed by atoms with Crippen LogP contribution in [0.1, 0.15) is 49.7 Å². The third kappa shape index (κ3) is 6.47. The van der Waals surface area contributed by atoms with E-state index < -0.39 is 0 Å². The molecule has 1 amide bonds. The summed E-state index contributed by atoms with van der Waals surface area (Å²) in [5, 5.41) is 3.07. The molecule has 32 heavy (non-hydrogen) atoms. The molecular formula is C25H37N3O3S. The molecule has 6 nitrogen and oxygen atoms in total. The minimum Gasteiger partial charge on any atom is -0.493 e. The topological polar surface area (TPSA) is 54.0 Å². The van der Waals surface area contributed by atoms with Gasteiger partial charge in [-0.15, -0.1) is 11.3 Å². The Hall–Kier alpha value is -2.09. The van der Waals surface area contributed by atoms with Gasteiger partial charge in [-0.3, -0.25) is 9.69 Å². The molecule has 1 saturated heterocycles. The second kappa shape index (κ2) is 12.2. The zero-order chi connectivity index (χ0) is 22.9. The lowest BCUT2D eigenvalue weighted by Crippen LogP contribution is -2.37. The summed E-state index contributed by atoms with van der Waals surface area (Å²) in [6.07, 6.45) is 3.83. The maximum Gasteiger partial charge on any atom is 0.261 e. The van der Waals surface area contributed by atoms with Gasteiger partial charge in [0.25, 0.3) is 5.91 Å². The van der Waals surface area contributed by atoms with Gasteiger partial charge in [0.15, 0.2) is 11.5 Å². The van der Waals surface area contributed by atoms with Gasteiger partial charge in [-0.25, -0.2) is 0 Å². The number of methoxy groups -OCH3 is 1. The highest BCUT2D eigenvalue weighted by molar-refractivity contribution is 7.17. The van der Waals surface area contributed by atoms with Crippen LogP contribution in [0.25, 0.3) is 10.4 Å². The monoisotopic (exact) mass is 459 g/mol. The Balaban J connectivity index is 1.61. The zero-order valence-corrected chi connectivity index (χ0v) is 20.7. The number of piperidine rings is 1. The van der Waals surface area contributed by atoms with Crippen molar-refractivity contribution in [1.29, 1.82) is 0 Å². The van der Waals surface area contributed by atoms with Crippen LogP contribution in [0.4, 0.5) is 0 Å². The van der Waals surface area contributed by atoms with E-state index in [9.17, 15) is 4.79 Å². The number of rotatable bonds is 11. The van der Waals surface area contributed by atoms with Gasteiger partial charge in [-0.2, -0.15) is 0 Å². The Morgan fingerprint density at radius 1 is 1.12 bits per heavy atom. The molecular weight excluding hydrogens is 422 g/mol. The Morgan fingerprint density at radius 2 is 1.88 bits per heavy atom. The fourth-order valence-corrected chi connectivity index (χ4v) is 5.05. The highest BCUT2D eigenvalue weighted by Crippen LogP contribution is 2.36. The Morgan fingerprint density at radius 3 is 2.56 bits per heavy atom. The van der Waals surface area contributed by atoms with Crippen molar-refractivity contribution < 1.29 is 14.3 Å². The quantitative estimate of drug-likeness (QED) is 0.494. The van der Waals surface area contributed by atoms with Gasteiger partial charge in [0.05, 0.1) is 12.0 Å². The summed E-state index contributed by atoms with van der Waals surface area (Å²) in [4.78, 5) is 19.0. The smallest absolute Gasteiger partial charge is 0.261 e. The molecule has 2 aromatic rings. The molecule has 1 aliphatic heterocycles. The predicted molar refractivity (Wildman–Crippen MR) is 132 cm³/mol. The number of nitrogens with zero attached hydrogens (tertiary/aromatic N) is 2. The van der Waals surface area contributed by atoms with Crippen LogP contribution in [0.2, 0.25) is 0 Å². The van der Waals surface area contributed by atoms with Gasteiger partial charge in [-0.05, 0) is 81.8 Å². The van der Waals surface area contributed by atoms with Crippen LogP contribution < -0.4 is 14.8 Å². The molecule has 0 bridgehead atoms. The third-order valence-corrected chi connectivity index (χ3v) is 7.20. The molecule has 0 radical (unpaired) electrons. The van der Waals surface area contributed by atoms with E-state index in [-0.39, 0.29) is 12.1 Å². The van der Waals surface area contributed by atoms with E-state index in [4.69, 9.17) is 9.47 Å². The lowest BCUT2D eigenvalue weighted by Gasteiger charge is -2.27. The maximum absolute atomic E-state index is 12.6. The van der Waals surface area contributed by atoms with Crippen LogP contribution in [0.3, 0.4) is 0 Å². The molecule has 1 aromatic carbocycles. The maximum atomic E-state index is 12.6. The Labute approximate surface area is 196 Å². The number of nitrogens with one attached hydrogen (secondary N) is 1. The molecule has 0 spiro atoms. The van der Waals surface area contributed by atoms with Gasteiger partial charge in [0, 0.05) is 18.0 Å². The van der Waals surface area contributed by atoms with E-state index in [1.807, 2.05) is 30.3 Å². The number of likely N-dealkylation sites (tertiary alicyclic amines) is 1. The molecule has 2 heterocycles. The molecule has 3 rings (SSSR count). The highest BCUT2D eigenvalue weighted by atomic mass is 32.1. The number of hydrogen-bond donors (Lipinski definition) is 1. The minimum absolute atomic E-state index is 0.00164. The Bertz CT molecular complexity index is 860. The second-order valence-electron chi connectivity index (χ2n) is 8.13. The van der Waals surface area contributed by atoms with Crippen LogP contribution in [-0.2, 0) is 0 Å². The van der Waals surface area contributed by atoms with Crippen molar-refractivity contribution in [3.63, 3.8) is 0 Å². The van der Waals surface area contributed by atoms with Gasteiger partial charge in [0.2, 0.25) is 0 Å². The molecule has 176 valence electrons. The van der Waals surface area contributed by atoms with Crippen LogP contribution in [-0.4, -0.2) is 68.3 Å². The predicted octanol–water partition coefficient (Wildman–Crippen LogP) is 4.71. The summed E-state index contributed by atoms with van der Waals surface area (Å²) in [6.45, 7) is 12.1. The number of carbonyl (C=O) groups excluding carboxylic acids is 1. The molecule has 1 fully saturated rings. The van der Waals surface area contributed by atoms with E-state index in [2.05, 4.69) is 35.9 Å². The fraction of sp³-hybridized carbons (Fsp3) is 0.560. The molecule has 1 aromatic heterocycles. The van der Waals surface area contributed by atoms with E-state index >= 15 is 0 Å². The number of carbonyl (C=O) groups is 1. The fourth-order valence-electron chi connectivity index (χ4n) is 4.13. The summed E-state index contributed by atoms with van der Waals surface area (Å²) in [5.41, 5.74) is 1.02. The average molecular weight is 460 g/mol. The summed E-state index contributed by atoms with van der Waals surface area (Å²) < 4.78 is 11.7. The first-order valence-electron chi connectivity index (χ1n) is 11.7. The van der Waals surface area contributed by atoms with E-state index in [1.54, 1.807) is 7.11 Å². The first kappa shape index (κ1) is 24.6. The SMILES string of the molecule is CCN(CC)C(C)Oc1ccc(-c2ccc(C(=O)NCCN3CCCCC3)s2)cc1OC. The first-order chi connectivity index (χ1) is 15.5. The van der Waals surface area contributed by atoms with Crippen molar-refractivity contribution in [3.8, 4) is 21.9 Å². The van der Waals surface area contributed by atoms with E-state index in [1.165, 1.54) is 30.6 Å². The largest absolute Gasteiger partial charge is 0.493 e. The summed E-state index contributed by atoms with van der Waals surface area (Å²) in [6, 6.07) is 9.85. The molecule has 1 N–H and O–H groups in total. The molecule has 0 aliphatic carbocycles. The van der Waals surface area contributed by atoms with Crippen molar-refractivity contribution in [2.75, 3.05) is 46.4 Å². The van der Waals surface area contributed by atoms with Gasteiger partial charge in [0.1, 0.15) is 6.23 Å². The lowest BCUT2D eigenvalue weighted by molar-refractivity contribution is 0.0458. The number of benzene rings is 1. The zero-order valence-electron chi connectivity index (χ0n) is 19.9. The van der Waals surface area contributed by atoms with Crippen molar-refractivity contribution in [3.05, 3.63) is 35.2 Å². The number of thiophene rings is 1. The molecule has 1 unspecified atom stereocenters. The van der Waals surface area contributed by atoms with E-state index in [0.29, 0.717) is 12.3 Å². The first-order valence-corrected chi connectivity index (χ1v) is 12.6. The number of ether oxygens (including phenoxy) is 2. The van der Waals surface area contributed by atoms with Crippen molar-refractivity contribution in [2.24, 2.45) is 0 Å². The van der Waals surface area contributed by atoms with Crippen molar-refractivity contribution >= 4 is 17.2 Å².